The molecule has 0 radical (unpaired) electrons. The van der Waals surface area contributed by atoms with Crippen LogP contribution in [0.3, 0.4) is 0 Å². The van der Waals surface area contributed by atoms with Crippen LogP contribution < -0.4 is 0 Å². The number of amides is 1. The van der Waals surface area contributed by atoms with Crippen molar-refractivity contribution >= 4 is 5.91 Å². The van der Waals surface area contributed by atoms with E-state index in [0.29, 0.717) is 6.54 Å². The average molecular weight is 263 g/mol. The van der Waals surface area contributed by atoms with Crippen molar-refractivity contribution in [2.75, 3.05) is 13.1 Å². The van der Waals surface area contributed by atoms with E-state index in [1.54, 1.807) is 0 Å². The van der Waals surface area contributed by atoms with Crippen LogP contribution >= 0.6 is 0 Å². The molecule has 1 saturated heterocycles. The smallest absolute Gasteiger partial charge is 0.248 e. The molecule has 1 aliphatic carbocycles. The van der Waals surface area contributed by atoms with Gasteiger partial charge in [0.25, 0.3) is 0 Å². The van der Waals surface area contributed by atoms with E-state index in [2.05, 4.69) is 0 Å². The van der Waals surface area contributed by atoms with Gasteiger partial charge in [-0.05, 0) is 12.3 Å². The molecule has 0 N–H and O–H groups in total. The zero-order chi connectivity index (χ0) is 13.5. The highest BCUT2D eigenvalue weighted by atomic mass is 19.3. The van der Waals surface area contributed by atoms with Crippen LogP contribution in [0, 0.1) is 17.8 Å². The van der Waals surface area contributed by atoms with Crippen molar-refractivity contribution in [1.82, 2.24) is 4.90 Å². The van der Waals surface area contributed by atoms with Crippen molar-refractivity contribution < 1.29 is 18.0 Å². The number of halogens is 3. The van der Waals surface area contributed by atoms with E-state index >= 15 is 0 Å². The van der Waals surface area contributed by atoms with Gasteiger partial charge in [0.2, 0.25) is 11.8 Å². The fourth-order valence-corrected chi connectivity index (χ4v) is 3.02. The van der Waals surface area contributed by atoms with Crippen molar-refractivity contribution in [3.63, 3.8) is 0 Å². The molecular formula is C13H20F3NO. The van der Waals surface area contributed by atoms with Crippen molar-refractivity contribution in [2.45, 2.75) is 45.2 Å². The molecule has 18 heavy (non-hydrogen) atoms. The lowest BCUT2D eigenvalue weighted by Gasteiger charge is -2.21. The first-order chi connectivity index (χ1) is 8.30. The molecule has 0 aromatic rings. The maximum atomic E-state index is 13.7. The number of rotatable bonds is 2. The molecule has 1 saturated carbocycles. The molecule has 1 aliphatic heterocycles. The lowest BCUT2D eigenvalue weighted by molar-refractivity contribution is -0.135. The minimum atomic E-state index is -2.72. The summed E-state index contributed by atoms with van der Waals surface area (Å²) >= 11 is 0. The van der Waals surface area contributed by atoms with Crippen LogP contribution in [0.2, 0.25) is 0 Å². The number of alkyl halides is 3. The molecule has 2 fully saturated rings. The summed E-state index contributed by atoms with van der Waals surface area (Å²) in [7, 11) is 0. The number of hydrogen-bond acceptors (Lipinski definition) is 1. The Morgan fingerprint density at radius 1 is 1.33 bits per heavy atom. The molecule has 104 valence electrons. The number of nitrogens with zero attached hydrogens (tertiary/aromatic N) is 1. The van der Waals surface area contributed by atoms with Gasteiger partial charge in [-0.25, -0.2) is 13.2 Å². The van der Waals surface area contributed by atoms with Crippen LogP contribution in [0.4, 0.5) is 13.2 Å². The quantitative estimate of drug-likeness (QED) is 0.750. The summed E-state index contributed by atoms with van der Waals surface area (Å²) in [5.41, 5.74) is 0. The van der Waals surface area contributed by atoms with Gasteiger partial charge in [0.1, 0.15) is 6.17 Å². The fourth-order valence-electron chi connectivity index (χ4n) is 3.02. The Balaban J connectivity index is 1.96. The zero-order valence-electron chi connectivity index (χ0n) is 10.8. The van der Waals surface area contributed by atoms with Gasteiger partial charge in [-0.15, -0.1) is 0 Å². The zero-order valence-corrected chi connectivity index (χ0v) is 10.8. The SMILES string of the molecule is CC(C)C1CN(C(=O)C2CCC(F)(F)C2)C[C@@H]1F. The highest BCUT2D eigenvalue weighted by molar-refractivity contribution is 5.79. The van der Waals surface area contributed by atoms with Gasteiger partial charge in [-0.1, -0.05) is 13.8 Å². The Morgan fingerprint density at radius 2 is 2.00 bits per heavy atom. The first-order valence-corrected chi connectivity index (χ1v) is 6.61. The topological polar surface area (TPSA) is 20.3 Å². The van der Waals surface area contributed by atoms with Gasteiger partial charge in [0, 0.05) is 31.2 Å². The molecule has 2 unspecified atom stereocenters. The van der Waals surface area contributed by atoms with Crippen LogP contribution in [-0.2, 0) is 4.79 Å². The third-order valence-corrected chi connectivity index (χ3v) is 4.21. The van der Waals surface area contributed by atoms with Gasteiger partial charge in [-0.3, -0.25) is 4.79 Å². The maximum Gasteiger partial charge on any atom is 0.248 e. The van der Waals surface area contributed by atoms with Crippen LogP contribution in [-0.4, -0.2) is 36.0 Å². The number of carbonyl (C=O) groups is 1. The molecule has 0 spiro atoms. The molecule has 1 heterocycles. The van der Waals surface area contributed by atoms with E-state index in [1.165, 1.54) is 4.90 Å². The third-order valence-electron chi connectivity index (χ3n) is 4.21. The summed E-state index contributed by atoms with van der Waals surface area (Å²) in [4.78, 5) is 13.5. The van der Waals surface area contributed by atoms with Gasteiger partial charge < -0.3 is 4.90 Å². The lowest BCUT2D eigenvalue weighted by atomic mass is 9.94. The summed E-state index contributed by atoms with van der Waals surface area (Å²) < 4.78 is 39.9. The molecule has 2 rings (SSSR count). The Bertz CT molecular complexity index is 332. The predicted molar refractivity (Wildman–Crippen MR) is 62.1 cm³/mol. The first kappa shape index (κ1) is 13.7. The Hall–Kier alpha value is -0.740. The van der Waals surface area contributed by atoms with E-state index < -0.39 is 18.0 Å². The highest BCUT2D eigenvalue weighted by Gasteiger charge is 2.46. The predicted octanol–water partition coefficient (Wildman–Crippen LogP) is 2.87. The van der Waals surface area contributed by atoms with Crippen molar-refractivity contribution in [1.29, 1.82) is 0 Å². The molecule has 3 atom stereocenters. The third kappa shape index (κ3) is 2.64. The summed E-state index contributed by atoms with van der Waals surface area (Å²) in [5, 5.41) is 0. The largest absolute Gasteiger partial charge is 0.339 e. The van der Waals surface area contributed by atoms with Gasteiger partial charge in [0.15, 0.2) is 0 Å². The van der Waals surface area contributed by atoms with E-state index in [0.717, 1.165) is 0 Å². The molecule has 0 aromatic carbocycles. The second kappa shape index (κ2) is 4.74. The minimum absolute atomic E-state index is 0.0732. The van der Waals surface area contributed by atoms with Crippen molar-refractivity contribution in [3.8, 4) is 0 Å². The van der Waals surface area contributed by atoms with Crippen LogP contribution in [0.25, 0.3) is 0 Å². The minimum Gasteiger partial charge on any atom is -0.339 e. The van der Waals surface area contributed by atoms with E-state index in [1.807, 2.05) is 13.8 Å². The van der Waals surface area contributed by atoms with Crippen LogP contribution in [0.15, 0.2) is 0 Å². The molecular weight excluding hydrogens is 243 g/mol. The fraction of sp³-hybridized carbons (Fsp3) is 0.923. The second-order valence-corrected chi connectivity index (χ2v) is 5.96. The van der Waals surface area contributed by atoms with Gasteiger partial charge in [-0.2, -0.15) is 0 Å². The number of carbonyl (C=O) groups excluding carboxylic acids is 1. The summed E-state index contributed by atoms with van der Waals surface area (Å²) in [6.45, 7) is 4.30. The summed E-state index contributed by atoms with van der Waals surface area (Å²) in [5.74, 6) is -3.60. The van der Waals surface area contributed by atoms with Crippen molar-refractivity contribution in [2.24, 2.45) is 17.8 Å². The Labute approximate surface area is 106 Å². The number of likely N-dealkylation sites (tertiary alicyclic amines) is 1. The number of hydrogen-bond donors (Lipinski definition) is 0. The normalized spacial score (nSPS) is 35.4. The molecule has 0 bridgehead atoms. The second-order valence-electron chi connectivity index (χ2n) is 5.96. The lowest BCUT2D eigenvalue weighted by Crippen LogP contribution is -2.34. The monoisotopic (exact) mass is 263 g/mol. The summed E-state index contributed by atoms with van der Waals surface area (Å²) in [6, 6.07) is 0. The van der Waals surface area contributed by atoms with Crippen LogP contribution in [0.5, 0.6) is 0 Å². The van der Waals surface area contributed by atoms with Gasteiger partial charge >= 0.3 is 0 Å². The highest BCUT2D eigenvalue weighted by Crippen LogP contribution is 2.40. The maximum absolute atomic E-state index is 13.7. The Kier molecular flexibility index (Phi) is 3.60. The van der Waals surface area contributed by atoms with Gasteiger partial charge in [0.05, 0.1) is 6.54 Å². The van der Waals surface area contributed by atoms with E-state index in [9.17, 15) is 18.0 Å². The molecule has 5 heteroatoms. The molecule has 2 nitrogen and oxygen atoms in total. The average Bonchev–Trinajstić information content (AvgIpc) is 2.80. The Morgan fingerprint density at radius 3 is 2.44 bits per heavy atom. The van der Waals surface area contributed by atoms with E-state index in [4.69, 9.17) is 0 Å². The van der Waals surface area contributed by atoms with E-state index in [-0.39, 0.29) is 43.6 Å². The molecule has 1 amide bonds. The van der Waals surface area contributed by atoms with Crippen molar-refractivity contribution in [3.05, 3.63) is 0 Å². The molecule has 0 aromatic heterocycles. The summed E-state index contributed by atoms with van der Waals surface area (Å²) in [6.07, 6.45) is -1.38. The molecule has 2 aliphatic rings. The van der Waals surface area contributed by atoms with Crippen LogP contribution in [0.1, 0.15) is 33.1 Å². The first-order valence-electron chi connectivity index (χ1n) is 6.61. The standard InChI is InChI=1S/C13H20F3NO/c1-8(2)10-6-17(7-11(10)14)12(18)9-3-4-13(15,16)5-9/h8-11H,3-7H2,1-2H3/t9?,10?,11-/m0/s1.